The predicted molar refractivity (Wildman–Crippen MR) is 109 cm³/mol. The van der Waals surface area contributed by atoms with Crippen LogP contribution in [0.25, 0.3) is 0 Å². The number of aromatic hydroxyl groups is 1. The van der Waals surface area contributed by atoms with Gasteiger partial charge in [0.1, 0.15) is 0 Å². The monoisotopic (exact) mass is 398 g/mol. The number of benzene rings is 2. The Kier molecular flexibility index (Phi) is 6.28. The zero-order valence-electron chi connectivity index (χ0n) is 16.0. The lowest BCUT2D eigenvalue weighted by Gasteiger charge is -2.17. The third-order valence-corrected chi connectivity index (χ3v) is 4.55. The summed E-state index contributed by atoms with van der Waals surface area (Å²) in [5, 5.41) is 24.8. The lowest BCUT2D eigenvalue weighted by atomic mass is 10.2. The number of nitro groups is 1. The molecule has 0 bridgehead atoms. The molecule has 3 rings (SSSR count). The number of nitrogens with one attached hydrogen (secondary N) is 1. The van der Waals surface area contributed by atoms with Gasteiger partial charge < -0.3 is 14.7 Å². The molecule has 1 fully saturated rings. The molecular formula is C20H22N4O5. The molecule has 0 radical (unpaired) electrons. The van der Waals surface area contributed by atoms with Crippen LogP contribution < -0.4 is 15.1 Å². The van der Waals surface area contributed by atoms with E-state index in [1.807, 2.05) is 12.1 Å². The number of phenols is 1. The van der Waals surface area contributed by atoms with Gasteiger partial charge in [0.2, 0.25) is 5.75 Å². The van der Waals surface area contributed by atoms with Crippen LogP contribution in [0.4, 0.5) is 11.4 Å². The zero-order chi connectivity index (χ0) is 20.8. The Morgan fingerprint density at radius 3 is 2.62 bits per heavy atom. The number of nitrogens with zero attached hydrogens (tertiary/aromatic N) is 3. The first-order chi connectivity index (χ1) is 14.0. The molecule has 9 nitrogen and oxygen atoms in total. The second-order valence-corrected chi connectivity index (χ2v) is 6.52. The minimum absolute atomic E-state index is 0.0213. The molecule has 9 heteroatoms. The van der Waals surface area contributed by atoms with Crippen LogP contribution in [0.2, 0.25) is 0 Å². The number of rotatable bonds is 7. The molecule has 0 unspecified atom stereocenters. The molecule has 0 saturated carbocycles. The van der Waals surface area contributed by atoms with E-state index in [4.69, 9.17) is 4.74 Å². The first-order valence-corrected chi connectivity index (χ1v) is 9.32. The number of carbonyl (C=O) groups is 1. The minimum atomic E-state index is -0.713. The van der Waals surface area contributed by atoms with E-state index in [0.29, 0.717) is 11.1 Å². The maximum atomic E-state index is 12.3. The van der Waals surface area contributed by atoms with E-state index in [1.54, 1.807) is 19.1 Å². The molecule has 152 valence electrons. The molecule has 2 N–H and O–H groups in total. The summed E-state index contributed by atoms with van der Waals surface area (Å²) in [4.78, 5) is 24.9. The van der Waals surface area contributed by atoms with Crippen molar-refractivity contribution >= 4 is 23.5 Å². The summed E-state index contributed by atoms with van der Waals surface area (Å²) in [5.74, 6) is -0.962. The molecule has 29 heavy (non-hydrogen) atoms. The standard InChI is InChI=1S/C20H22N4O5/c1-2-29-18-12-14(11-17(19(18)25)24(27)28)13-21-22-20(26)15-5-7-16(8-6-15)23-9-3-4-10-23/h5-8,11-13,25H,2-4,9-10H2,1H3,(H,22,26)/b21-13+. The van der Waals surface area contributed by atoms with Crippen LogP contribution in [0.15, 0.2) is 41.5 Å². The Hall–Kier alpha value is -3.62. The van der Waals surface area contributed by atoms with Crippen molar-refractivity contribution in [2.24, 2.45) is 5.10 Å². The summed E-state index contributed by atoms with van der Waals surface area (Å²) >= 11 is 0. The van der Waals surface area contributed by atoms with Crippen LogP contribution in [-0.2, 0) is 0 Å². The summed E-state index contributed by atoms with van der Waals surface area (Å²) in [6.45, 7) is 3.98. The fourth-order valence-electron chi connectivity index (χ4n) is 3.12. The summed E-state index contributed by atoms with van der Waals surface area (Å²) in [6.07, 6.45) is 3.61. The third-order valence-electron chi connectivity index (χ3n) is 4.55. The average Bonchev–Trinajstić information content (AvgIpc) is 3.25. The molecule has 1 heterocycles. The predicted octanol–water partition coefficient (Wildman–Crippen LogP) is 3.06. The maximum absolute atomic E-state index is 12.3. The SMILES string of the molecule is CCOc1cc(/C=N/NC(=O)c2ccc(N3CCCC3)cc2)cc([N+](=O)[O-])c1O. The fraction of sp³-hybridized carbons (Fsp3) is 0.300. The highest BCUT2D eigenvalue weighted by Gasteiger charge is 2.19. The number of hydrogen-bond donors (Lipinski definition) is 2. The van der Waals surface area contributed by atoms with E-state index >= 15 is 0 Å². The van der Waals surface area contributed by atoms with Crippen molar-refractivity contribution in [2.45, 2.75) is 19.8 Å². The lowest BCUT2D eigenvalue weighted by Crippen LogP contribution is -2.19. The summed E-state index contributed by atoms with van der Waals surface area (Å²) < 4.78 is 5.21. The Labute approximate surface area is 167 Å². The highest BCUT2D eigenvalue weighted by molar-refractivity contribution is 5.95. The van der Waals surface area contributed by atoms with Crippen LogP contribution in [-0.4, -0.2) is 41.8 Å². The molecule has 0 aliphatic carbocycles. The second-order valence-electron chi connectivity index (χ2n) is 6.52. The smallest absolute Gasteiger partial charge is 0.315 e. The summed E-state index contributed by atoms with van der Waals surface area (Å²) in [5.41, 5.74) is 3.74. The van der Waals surface area contributed by atoms with Gasteiger partial charge in [0, 0.05) is 36.0 Å². The van der Waals surface area contributed by atoms with Gasteiger partial charge >= 0.3 is 5.69 Å². The highest BCUT2D eigenvalue weighted by Crippen LogP contribution is 2.36. The summed E-state index contributed by atoms with van der Waals surface area (Å²) in [7, 11) is 0. The van der Waals surface area contributed by atoms with Crippen molar-refractivity contribution in [3.63, 3.8) is 0 Å². The van der Waals surface area contributed by atoms with Gasteiger partial charge in [0.15, 0.2) is 5.75 Å². The summed E-state index contributed by atoms with van der Waals surface area (Å²) in [6, 6.07) is 9.84. The number of amides is 1. The van der Waals surface area contributed by atoms with E-state index in [-0.39, 0.29) is 12.4 Å². The lowest BCUT2D eigenvalue weighted by molar-refractivity contribution is -0.386. The first kappa shape index (κ1) is 20.1. The normalized spacial score (nSPS) is 13.6. The molecule has 0 aromatic heterocycles. The minimum Gasteiger partial charge on any atom is -0.500 e. The Balaban J connectivity index is 1.68. The van der Waals surface area contributed by atoms with Crippen molar-refractivity contribution in [1.29, 1.82) is 0 Å². The van der Waals surface area contributed by atoms with Gasteiger partial charge in [0.25, 0.3) is 5.91 Å². The maximum Gasteiger partial charge on any atom is 0.315 e. The van der Waals surface area contributed by atoms with Crippen molar-refractivity contribution in [3.05, 3.63) is 57.6 Å². The molecule has 1 aliphatic heterocycles. The second kappa shape index (κ2) is 9.05. The van der Waals surface area contributed by atoms with Crippen LogP contribution in [0, 0.1) is 10.1 Å². The Morgan fingerprint density at radius 1 is 1.31 bits per heavy atom. The van der Waals surface area contributed by atoms with E-state index in [2.05, 4.69) is 15.4 Å². The van der Waals surface area contributed by atoms with Gasteiger partial charge in [-0.05, 0) is 50.1 Å². The number of carbonyl (C=O) groups excluding carboxylic acids is 1. The number of ether oxygens (including phenoxy) is 1. The molecule has 0 spiro atoms. The van der Waals surface area contributed by atoms with Crippen molar-refractivity contribution < 1.29 is 19.6 Å². The Morgan fingerprint density at radius 2 is 2.00 bits per heavy atom. The van der Waals surface area contributed by atoms with E-state index < -0.39 is 22.3 Å². The molecule has 1 aliphatic rings. The van der Waals surface area contributed by atoms with Gasteiger partial charge in [-0.1, -0.05) is 0 Å². The van der Waals surface area contributed by atoms with Gasteiger partial charge in [-0.2, -0.15) is 5.10 Å². The number of hydrogen-bond acceptors (Lipinski definition) is 7. The molecular weight excluding hydrogens is 376 g/mol. The van der Waals surface area contributed by atoms with Gasteiger partial charge in [-0.3, -0.25) is 14.9 Å². The average molecular weight is 398 g/mol. The molecule has 2 aromatic rings. The Bertz CT molecular complexity index is 921. The first-order valence-electron chi connectivity index (χ1n) is 9.32. The fourth-order valence-corrected chi connectivity index (χ4v) is 3.12. The molecule has 1 saturated heterocycles. The zero-order valence-corrected chi connectivity index (χ0v) is 16.0. The van der Waals surface area contributed by atoms with Gasteiger partial charge in [-0.25, -0.2) is 5.43 Å². The number of phenolic OH excluding ortho intramolecular Hbond substituents is 1. The van der Waals surface area contributed by atoms with Crippen molar-refractivity contribution in [1.82, 2.24) is 5.43 Å². The highest BCUT2D eigenvalue weighted by atomic mass is 16.6. The van der Waals surface area contributed by atoms with Crippen LogP contribution in [0.3, 0.4) is 0 Å². The van der Waals surface area contributed by atoms with Crippen molar-refractivity contribution in [2.75, 3.05) is 24.6 Å². The van der Waals surface area contributed by atoms with E-state index in [1.165, 1.54) is 25.1 Å². The third kappa shape index (κ3) is 4.81. The molecule has 0 atom stereocenters. The van der Waals surface area contributed by atoms with E-state index in [9.17, 15) is 20.0 Å². The number of anilines is 1. The van der Waals surface area contributed by atoms with E-state index in [0.717, 1.165) is 24.8 Å². The number of nitro benzene ring substituents is 1. The van der Waals surface area contributed by atoms with Crippen LogP contribution >= 0.6 is 0 Å². The van der Waals surface area contributed by atoms with Gasteiger partial charge in [0.05, 0.1) is 17.7 Å². The molecule has 2 aromatic carbocycles. The number of hydrazone groups is 1. The topological polar surface area (TPSA) is 117 Å². The van der Waals surface area contributed by atoms with Crippen molar-refractivity contribution in [3.8, 4) is 11.5 Å². The van der Waals surface area contributed by atoms with Crippen LogP contribution in [0.5, 0.6) is 11.5 Å². The largest absolute Gasteiger partial charge is 0.500 e. The van der Waals surface area contributed by atoms with Gasteiger partial charge in [-0.15, -0.1) is 0 Å². The quantitative estimate of drug-likeness (QED) is 0.420. The molecule has 1 amide bonds. The van der Waals surface area contributed by atoms with Crippen LogP contribution in [0.1, 0.15) is 35.7 Å².